The molecule has 0 bridgehead atoms. The van der Waals surface area contributed by atoms with Crippen molar-refractivity contribution in [3.05, 3.63) is 34.9 Å². The number of rotatable bonds is 2. The molecule has 1 amide bonds. The molecule has 1 aliphatic rings. The fourth-order valence-electron chi connectivity index (χ4n) is 2.45. The second kappa shape index (κ2) is 5.53. The Morgan fingerprint density at radius 3 is 2.42 bits per heavy atom. The summed E-state index contributed by atoms with van der Waals surface area (Å²) >= 11 is 0. The minimum atomic E-state index is -0.450. The number of amides is 1. The van der Waals surface area contributed by atoms with Crippen molar-refractivity contribution in [2.75, 3.05) is 13.1 Å². The van der Waals surface area contributed by atoms with Crippen LogP contribution in [0.2, 0.25) is 0 Å². The second-order valence-corrected chi connectivity index (χ2v) is 5.15. The minimum absolute atomic E-state index is 0.000373. The number of carbonyl (C=O) groups is 2. The summed E-state index contributed by atoms with van der Waals surface area (Å²) in [5, 5.41) is 0. The van der Waals surface area contributed by atoms with Crippen molar-refractivity contribution < 1.29 is 9.59 Å². The third-order valence-electron chi connectivity index (χ3n) is 3.62. The zero-order valence-electron chi connectivity index (χ0n) is 11.5. The molecule has 0 saturated heterocycles. The van der Waals surface area contributed by atoms with E-state index in [0.717, 1.165) is 18.4 Å². The average Bonchev–Trinajstić information content (AvgIpc) is 2.59. The van der Waals surface area contributed by atoms with E-state index in [2.05, 4.69) is 0 Å². The number of Topliss-reactive ketones (excluding diaryl/α,β-unsaturated/α-hetero) is 1. The van der Waals surface area contributed by atoms with Gasteiger partial charge in [0.1, 0.15) is 0 Å². The molecule has 4 nitrogen and oxygen atoms in total. The van der Waals surface area contributed by atoms with E-state index < -0.39 is 6.04 Å². The van der Waals surface area contributed by atoms with Crippen molar-refractivity contribution in [2.45, 2.75) is 32.7 Å². The summed E-state index contributed by atoms with van der Waals surface area (Å²) in [7, 11) is 0. The van der Waals surface area contributed by atoms with Gasteiger partial charge < -0.3 is 10.6 Å². The van der Waals surface area contributed by atoms with Crippen molar-refractivity contribution in [1.82, 2.24) is 4.90 Å². The molecule has 2 rings (SSSR count). The summed E-state index contributed by atoms with van der Waals surface area (Å²) in [5.74, 6) is 0.0788. The van der Waals surface area contributed by atoms with Gasteiger partial charge in [-0.25, -0.2) is 0 Å². The van der Waals surface area contributed by atoms with E-state index in [1.54, 1.807) is 13.8 Å². The molecule has 1 aromatic rings. The molecular formula is C15H20N2O2. The quantitative estimate of drug-likeness (QED) is 0.812. The molecule has 0 fully saturated rings. The van der Waals surface area contributed by atoms with Crippen LogP contribution in [0.15, 0.2) is 18.2 Å². The van der Waals surface area contributed by atoms with Crippen LogP contribution >= 0.6 is 0 Å². The van der Waals surface area contributed by atoms with E-state index in [1.165, 1.54) is 11.1 Å². The zero-order chi connectivity index (χ0) is 14.0. The van der Waals surface area contributed by atoms with E-state index >= 15 is 0 Å². The van der Waals surface area contributed by atoms with Gasteiger partial charge >= 0.3 is 0 Å². The number of nitrogens with zero attached hydrogens (tertiary/aromatic N) is 1. The van der Waals surface area contributed by atoms with Gasteiger partial charge in [-0.1, -0.05) is 12.1 Å². The molecule has 0 spiro atoms. The molecule has 1 aromatic carbocycles. The summed E-state index contributed by atoms with van der Waals surface area (Å²) in [6, 6.07) is 5.38. The molecule has 1 atom stereocenters. The number of hydrogen-bond acceptors (Lipinski definition) is 3. The first-order chi connectivity index (χ1) is 8.99. The van der Waals surface area contributed by atoms with Crippen LogP contribution < -0.4 is 5.73 Å². The van der Waals surface area contributed by atoms with E-state index in [0.29, 0.717) is 13.1 Å². The number of ketones is 1. The first-order valence-electron chi connectivity index (χ1n) is 6.66. The lowest BCUT2D eigenvalue weighted by atomic mass is 9.99. The molecule has 0 saturated carbocycles. The maximum atomic E-state index is 11.9. The Morgan fingerprint density at radius 1 is 1.21 bits per heavy atom. The van der Waals surface area contributed by atoms with E-state index in [1.807, 2.05) is 23.1 Å². The molecule has 19 heavy (non-hydrogen) atoms. The molecule has 2 N–H and O–H groups in total. The maximum Gasteiger partial charge on any atom is 0.239 e. The van der Waals surface area contributed by atoms with Gasteiger partial charge in [0.2, 0.25) is 5.91 Å². The molecule has 4 heteroatoms. The van der Waals surface area contributed by atoms with E-state index in [-0.39, 0.29) is 11.7 Å². The lowest BCUT2D eigenvalue weighted by molar-refractivity contribution is -0.132. The van der Waals surface area contributed by atoms with Crippen molar-refractivity contribution in [2.24, 2.45) is 5.73 Å². The molecule has 0 radical (unpaired) electrons. The van der Waals surface area contributed by atoms with Crippen LogP contribution in [0.25, 0.3) is 0 Å². The van der Waals surface area contributed by atoms with Gasteiger partial charge in [0.25, 0.3) is 0 Å². The lowest BCUT2D eigenvalue weighted by Gasteiger charge is -2.22. The smallest absolute Gasteiger partial charge is 0.239 e. The molecule has 0 unspecified atom stereocenters. The van der Waals surface area contributed by atoms with Gasteiger partial charge in [0, 0.05) is 18.7 Å². The highest BCUT2D eigenvalue weighted by Gasteiger charge is 2.21. The van der Waals surface area contributed by atoms with Crippen molar-refractivity contribution >= 4 is 11.7 Å². The third kappa shape index (κ3) is 3.01. The van der Waals surface area contributed by atoms with Crippen LogP contribution in [0, 0.1) is 0 Å². The Balaban J connectivity index is 2.18. The summed E-state index contributed by atoms with van der Waals surface area (Å²) in [6.45, 7) is 4.67. The normalized spacial score (nSPS) is 16.5. The van der Waals surface area contributed by atoms with Crippen LogP contribution in [0.5, 0.6) is 0 Å². The number of benzene rings is 1. The fourth-order valence-corrected chi connectivity index (χ4v) is 2.45. The summed E-state index contributed by atoms with van der Waals surface area (Å²) in [4.78, 5) is 25.1. The average molecular weight is 260 g/mol. The molecular weight excluding hydrogens is 240 g/mol. The fraction of sp³-hybridized carbons (Fsp3) is 0.467. The molecule has 0 aromatic heterocycles. The van der Waals surface area contributed by atoms with Gasteiger partial charge in [-0.3, -0.25) is 9.59 Å². The predicted molar refractivity (Wildman–Crippen MR) is 74.1 cm³/mol. The Kier molecular flexibility index (Phi) is 4.00. The number of nitrogens with two attached hydrogens (primary N) is 1. The molecule has 102 valence electrons. The molecule has 1 aliphatic heterocycles. The van der Waals surface area contributed by atoms with Gasteiger partial charge in [0.05, 0.1) is 6.04 Å². The Morgan fingerprint density at radius 2 is 1.84 bits per heavy atom. The first kappa shape index (κ1) is 13.7. The standard InChI is InChI=1S/C15H20N2O2/c1-10(16)15(19)17-7-5-12-3-4-13(11(2)18)9-14(12)6-8-17/h3-4,9-10H,5-8,16H2,1-2H3/t10-/m1/s1. The third-order valence-corrected chi connectivity index (χ3v) is 3.62. The maximum absolute atomic E-state index is 11.9. The first-order valence-corrected chi connectivity index (χ1v) is 6.66. The Labute approximate surface area is 113 Å². The van der Waals surface area contributed by atoms with Gasteiger partial charge in [-0.2, -0.15) is 0 Å². The monoisotopic (exact) mass is 260 g/mol. The van der Waals surface area contributed by atoms with Crippen LogP contribution in [-0.2, 0) is 17.6 Å². The minimum Gasteiger partial charge on any atom is -0.341 e. The Bertz CT molecular complexity index is 509. The van der Waals surface area contributed by atoms with E-state index in [9.17, 15) is 9.59 Å². The van der Waals surface area contributed by atoms with Crippen molar-refractivity contribution in [1.29, 1.82) is 0 Å². The van der Waals surface area contributed by atoms with Gasteiger partial charge in [0.15, 0.2) is 5.78 Å². The number of carbonyl (C=O) groups excluding carboxylic acids is 2. The highest BCUT2D eigenvalue weighted by Crippen LogP contribution is 2.18. The zero-order valence-corrected chi connectivity index (χ0v) is 11.5. The highest BCUT2D eigenvalue weighted by atomic mass is 16.2. The Hall–Kier alpha value is -1.68. The SMILES string of the molecule is CC(=O)c1ccc2c(c1)CCN(C(=O)[C@@H](C)N)CC2. The van der Waals surface area contributed by atoms with Crippen LogP contribution in [0.4, 0.5) is 0 Å². The van der Waals surface area contributed by atoms with E-state index in [4.69, 9.17) is 5.73 Å². The topological polar surface area (TPSA) is 63.4 Å². The summed E-state index contributed by atoms with van der Waals surface area (Å²) < 4.78 is 0. The predicted octanol–water partition coefficient (Wildman–Crippen LogP) is 1.16. The van der Waals surface area contributed by atoms with Crippen LogP contribution in [0.1, 0.15) is 35.3 Å². The van der Waals surface area contributed by atoms with Crippen LogP contribution in [-0.4, -0.2) is 35.7 Å². The van der Waals surface area contributed by atoms with Crippen molar-refractivity contribution in [3.63, 3.8) is 0 Å². The van der Waals surface area contributed by atoms with Gasteiger partial charge in [-0.05, 0) is 43.9 Å². The number of hydrogen-bond donors (Lipinski definition) is 1. The molecule has 1 heterocycles. The second-order valence-electron chi connectivity index (χ2n) is 5.15. The van der Waals surface area contributed by atoms with Gasteiger partial charge in [-0.15, -0.1) is 0 Å². The lowest BCUT2D eigenvalue weighted by Crippen LogP contribution is -2.43. The summed E-state index contributed by atoms with van der Waals surface area (Å²) in [5.41, 5.74) is 8.79. The molecule has 0 aliphatic carbocycles. The highest BCUT2D eigenvalue weighted by molar-refractivity contribution is 5.94. The summed E-state index contributed by atoms with van der Waals surface area (Å²) in [6.07, 6.45) is 1.61. The largest absolute Gasteiger partial charge is 0.341 e. The van der Waals surface area contributed by atoms with Crippen LogP contribution in [0.3, 0.4) is 0 Å². The number of fused-ring (bicyclic) bond motifs is 1. The van der Waals surface area contributed by atoms with Crippen molar-refractivity contribution in [3.8, 4) is 0 Å².